The maximum absolute atomic E-state index is 12.6. The monoisotopic (exact) mass is 392 g/mol. The van der Waals surface area contributed by atoms with Gasteiger partial charge in [0.05, 0.1) is 0 Å². The van der Waals surface area contributed by atoms with Crippen LogP contribution in [0.3, 0.4) is 0 Å². The number of aryl methyl sites for hydroxylation is 1. The van der Waals surface area contributed by atoms with E-state index >= 15 is 0 Å². The summed E-state index contributed by atoms with van der Waals surface area (Å²) in [6.07, 6.45) is 1.75. The fourth-order valence-corrected chi connectivity index (χ4v) is 3.10. The number of anilines is 1. The third-order valence-electron chi connectivity index (χ3n) is 4.83. The van der Waals surface area contributed by atoms with Crippen LogP contribution in [0.4, 0.5) is 5.69 Å². The molecular formula is C23H28N4O2. The van der Waals surface area contributed by atoms with Crippen LogP contribution in [0.15, 0.2) is 59.0 Å². The lowest BCUT2D eigenvalue weighted by Gasteiger charge is -2.21. The molecule has 152 valence electrons. The summed E-state index contributed by atoms with van der Waals surface area (Å²) in [5.74, 6) is 1.23. The quantitative estimate of drug-likeness (QED) is 0.547. The number of rotatable bonds is 9. The molecule has 0 radical (unpaired) electrons. The lowest BCUT2D eigenvalue weighted by atomic mass is 10.1. The number of aromatic nitrogens is 2. The fourth-order valence-electron chi connectivity index (χ4n) is 3.10. The van der Waals surface area contributed by atoms with Crippen molar-refractivity contribution in [3.8, 4) is 11.5 Å². The molecular weight excluding hydrogens is 364 g/mol. The molecule has 0 fully saturated rings. The van der Waals surface area contributed by atoms with Crippen molar-refractivity contribution in [2.24, 2.45) is 0 Å². The van der Waals surface area contributed by atoms with E-state index in [1.54, 1.807) is 0 Å². The summed E-state index contributed by atoms with van der Waals surface area (Å²) in [7, 11) is 4.03. The summed E-state index contributed by atoms with van der Waals surface area (Å²) in [6.45, 7) is 3.32. The lowest BCUT2D eigenvalue weighted by molar-refractivity contribution is -0.131. The van der Waals surface area contributed by atoms with E-state index < -0.39 is 0 Å². The molecule has 0 aliphatic heterocycles. The van der Waals surface area contributed by atoms with Gasteiger partial charge in [0.25, 0.3) is 0 Å². The van der Waals surface area contributed by atoms with Crippen LogP contribution < -0.4 is 4.90 Å². The average Bonchev–Trinajstić information content (AvgIpc) is 3.22. The predicted molar refractivity (Wildman–Crippen MR) is 115 cm³/mol. The Bertz CT molecular complexity index is 904. The fraction of sp³-hybridized carbons (Fsp3) is 0.348. The van der Waals surface area contributed by atoms with Gasteiger partial charge in [-0.2, -0.15) is 0 Å². The third kappa shape index (κ3) is 5.67. The molecule has 3 rings (SSSR count). The smallest absolute Gasteiger partial charge is 0.247 e. The second-order valence-corrected chi connectivity index (χ2v) is 7.19. The van der Waals surface area contributed by atoms with Crippen molar-refractivity contribution in [2.45, 2.75) is 32.7 Å². The van der Waals surface area contributed by atoms with Crippen molar-refractivity contribution >= 4 is 11.6 Å². The molecule has 3 aromatic rings. The van der Waals surface area contributed by atoms with Crippen molar-refractivity contribution in [3.63, 3.8) is 0 Å². The molecule has 0 aliphatic rings. The van der Waals surface area contributed by atoms with Crippen LogP contribution in [0.5, 0.6) is 0 Å². The second kappa shape index (κ2) is 9.87. The Balaban J connectivity index is 1.49. The van der Waals surface area contributed by atoms with Gasteiger partial charge < -0.3 is 14.2 Å². The SMILES string of the molecule is CCN(Cc1ccc(N(C)C)cc1)C(=O)CCCc1nnc(-c2ccccc2)o1. The molecule has 1 heterocycles. The number of benzene rings is 2. The minimum Gasteiger partial charge on any atom is -0.421 e. The van der Waals surface area contributed by atoms with E-state index in [2.05, 4.69) is 39.4 Å². The van der Waals surface area contributed by atoms with Gasteiger partial charge in [0.15, 0.2) is 0 Å². The van der Waals surface area contributed by atoms with Gasteiger partial charge in [-0.3, -0.25) is 4.79 Å². The van der Waals surface area contributed by atoms with Crippen molar-refractivity contribution in [1.82, 2.24) is 15.1 Å². The van der Waals surface area contributed by atoms with Gasteiger partial charge in [0.2, 0.25) is 17.7 Å². The van der Waals surface area contributed by atoms with E-state index in [9.17, 15) is 4.79 Å². The number of hydrogen-bond donors (Lipinski definition) is 0. The second-order valence-electron chi connectivity index (χ2n) is 7.19. The molecule has 0 atom stereocenters. The first-order valence-electron chi connectivity index (χ1n) is 9.98. The third-order valence-corrected chi connectivity index (χ3v) is 4.83. The molecule has 29 heavy (non-hydrogen) atoms. The minimum absolute atomic E-state index is 0.145. The standard InChI is InChI=1S/C23H28N4O2/c1-4-27(17-18-13-15-20(16-14-18)26(2)3)22(28)12-8-11-21-24-25-23(29-21)19-9-6-5-7-10-19/h5-7,9-10,13-16H,4,8,11-12,17H2,1-3H3. The molecule has 6 nitrogen and oxygen atoms in total. The molecule has 0 saturated carbocycles. The summed E-state index contributed by atoms with van der Waals surface area (Å²) in [5, 5.41) is 8.19. The van der Waals surface area contributed by atoms with Gasteiger partial charge in [-0.05, 0) is 43.2 Å². The topological polar surface area (TPSA) is 62.5 Å². The number of amides is 1. The number of nitrogens with zero attached hydrogens (tertiary/aromatic N) is 4. The molecule has 2 aromatic carbocycles. The first-order chi connectivity index (χ1) is 14.1. The Morgan fingerprint density at radius 2 is 1.72 bits per heavy atom. The highest BCUT2D eigenvalue weighted by Gasteiger charge is 2.14. The van der Waals surface area contributed by atoms with Gasteiger partial charge in [0.1, 0.15) is 0 Å². The molecule has 0 aliphatic carbocycles. The number of carbonyl (C=O) groups excluding carboxylic acids is 1. The maximum Gasteiger partial charge on any atom is 0.247 e. The summed E-state index contributed by atoms with van der Waals surface area (Å²) < 4.78 is 5.71. The van der Waals surface area contributed by atoms with Crippen LogP contribution in [0.25, 0.3) is 11.5 Å². The van der Waals surface area contributed by atoms with E-state index in [-0.39, 0.29) is 5.91 Å². The zero-order valence-corrected chi connectivity index (χ0v) is 17.3. The highest BCUT2D eigenvalue weighted by atomic mass is 16.4. The van der Waals surface area contributed by atoms with Crippen LogP contribution in [0, 0.1) is 0 Å². The molecule has 0 N–H and O–H groups in total. The van der Waals surface area contributed by atoms with Crippen LogP contribution in [-0.4, -0.2) is 41.6 Å². The Morgan fingerprint density at radius 3 is 2.38 bits per heavy atom. The molecule has 0 saturated heterocycles. The number of carbonyl (C=O) groups is 1. The van der Waals surface area contributed by atoms with Gasteiger partial charge in [-0.15, -0.1) is 10.2 Å². The Morgan fingerprint density at radius 1 is 1.00 bits per heavy atom. The largest absolute Gasteiger partial charge is 0.421 e. The Labute approximate surface area is 172 Å². The highest BCUT2D eigenvalue weighted by Crippen LogP contribution is 2.18. The predicted octanol–water partition coefficient (Wildman–Crippen LogP) is 4.17. The Hall–Kier alpha value is -3.15. The van der Waals surface area contributed by atoms with Crippen molar-refractivity contribution in [1.29, 1.82) is 0 Å². The average molecular weight is 393 g/mol. The summed E-state index contributed by atoms with van der Waals surface area (Å²) in [6, 6.07) is 18.0. The van der Waals surface area contributed by atoms with E-state index in [0.717, 1.165) is 16.8 Å². The lowest BCUT2D eigenvalue weighted by Crippen LogP contribution is -2.30. The molecule has 0 bridgehead atoms. The molecule has 0 unspecified atom stereocenters. The van der Waals surface area contributed by atoms with Gasteiger partial charge in [-0.25, -0.2) is 0 Å². The molecule has 1 aromatic heterocycles. The van der Waals surface area contributed by atoms with Crippen LogP contribution in [0.1, 0.15) is 31.2 Å². The van der Waals surface area contributed by atoms with Crippen molar-refractivity contribution in [3.05, 3.63) is 66.1 Å². The first-order valence-corrected chi connectivity index (χ1v) is 9.98. The summed E-state index contributed by atoms with van der Waals surface area (Å²) in [5.41, 5.74) is 3.19. The van der Waals surface area contributed by atoms with E-state index in [1.165, 1.54) is 0 Å². The summed E-state index contributed by atoms with van der Waals surface area (Å²) in [4.78, 5) is 16.6. The van der Waals surface area contributed by atoms with E-state index in [4.69, 9.17) is 4.42 Å². The highest BCUT2D eigenvalue weighted by molar-refractivity contribution is 5.76. The molecule has 1 amide bonds. The Kier molecular flexibility index (Phi) is 7.00. The molecule has 6 heteroatoms. The zero-order valence-electron chi connectivity index (χ0n) is 17.3. The van der Waals surface area contributed by atoms with Crippen LogP contribution >= 0.6 is 0 Å². The van der Waals surface area contributed by atoms with Crippen LogP contribution in [0.2, 0.25) is 0 Å². The van der Waals surface area contributed by atoms with Crippen LogP contribution in [-0.2, 0) is 17.8 Å². The van der Waals surface area contributed by atoms with Crippen molar-refractivity contribution in [2.75, 3.05) is 25.5 Å². The minimum atomic E-state index is 0.145. The van der Waals surface area contributed by atoms with E-state index in [0.29, 0.717) is 44.1 Å². The number of hydrogen-bond acceptors (Lipinski definition) is 5. The van der Waals surface area contributed by atoms with Gasteiger partial charge >= 0.3 is 0 Å². The normalized spacial score (nSPS) is 10.7. The van der Waals surface area contributed by atoms with Crippen molar-refractivity contribution < 1.29 is 9.21 Å². The summed E-state index contributed by atoms with van der Waals surface area (Å²) >= 11 is 0. The maximum atomic E-state index is 12.6. The van der Waals surface area contributed by atoms with Gasteiger partial charge in [-0.1, -0.05) is 30.3 Å². The molecule has 0 spiro atoms. The zero-order chi connectivity index (χ0) is 20.6. The van der Waals surface area contributed by atoms with E-state index in [1.807, 2.05) is 56.3 Å². The van der Waals surface area contributed by atoms with Gasteiger partial charge in [0, 0.05) is 51.3 Å². The first kappa shape index (κ1) is 20.6.